The number of ether oxygens (including phenoxy) is 1. The zero-order valence-corrected chi connectivity index (χ0v) is 21.0. The first kappa shape index (κ1) is 23.6. The number of carbonyl (C=O) groups excluding carboxylic acids is 2. The highest BCUT2D eigenvalue weighted by molar-refractivity contribution is 7.98. The number of para-hydroxylation sites is 1. The van der Waals surface area contributed by atoms with E-state index in [1.807, 2.05) is 69.9 Å². The molecule has 2 amide bonds. The van der Waals surface area contributed by atoms with E-state index in [9.17, 15) is 9.59 Å². The zero-order valence-electron chi connectivity index (χ0n) is 20.2. The third-order valence-corrected chi connectivity index (χ3v) is 7.60. The van der Waals surface area contributed by atoms with Gasteiger partial charge in [-0.15, -0.1) is 11.8 Å². The molecule has 0 bridgehead atoms. The van der Waals surface area contributed by atoms with E-state index < -0.39 is 0 Å². The predicted molar refractivity (Wildman–Crippen MR) is 137 cm³/mol. The van der Waals surface area contributed by atoms with Crippen LogP contribution in [0.1, 0.15) is 46.7 Å². The van der Waals surface area contributed by atoms with Gasteiger partial charge in [0.05, 0.1) is 24.6 Å². The fourth-order valence-electron chi connectivity index (χ4n) is 4.69. The van der Waals surface area contributed by atoms with Crippen LogP contribution in [0.25, 0.3) is 16.9 Å². The highest BCUT2D eigenvalue weighted by atomic mass is 32.2. The van der Waals surface area contributed by atoms with Crippen molar-refractivity contribution in [3.63, 3.8) is 0 Å². The van der Waals surface area contributed by atoms with E-state index in [2.05, 4.69) is 6.92 Å². The molecule has 0 atom stereocenters. The second kappa shape index (κ2) is 10.3. The largest absolute Gasteiger partial charge is 0.378 e. The van der Waals surface area contributed by atoms with Gasteiger partial charge in [0.25, 0.3) is 11.8 Å². The standard InChI is InChI=1S/C27H30N4O3S/c1-3-12-29(4-2)26(32)19-10-11-23-21(17-19)25-22(18-35-23)24(27(33)30-13-15-34-16-14-30)28-31(25)20-8-6-5-7-9-20/h5-11,17H,3-4,12-16,18H2,1-2H3. The number of hydrogen-bond donors (Lipinski definition) is 0. The molecule has 0 unspecified atom stereocenters. The van der Waals surface area contributed by atoms with E-state index in [4.69, 9.17) is 9.84 Å². The van der Waals surface area contributed by atoms with Crippen LogP contribution in [0.5, 0.6) is 0 Å². The molecule has 0 saturated carbocycles. The first-order valence-electron chi connectivity index (χ1n) is 12.2. The summed E-state index contributed by atoms with van der Waals surface area (Å²) in [4.78, 5) is 31.6. The maximum absolute atomic E-state index is 13.5. The Balaban J connectivity index is 1.63. The van der Waals surface area contributed by atoms with Gasteiger partial charge < -0.3 is 14.5 Å². The summed E-state index contributed by atoms with van der Waals surface area (Å²) in [6, 6.07) is 15.8. The fourth-order valence-corrected chi connectivity index (χ4v) is 5.74. The molecule has 0 radical (unpaired) electrons. The number of carbonyl (C=O) groups is 2. The molecule has 3 heterocycles. The Morgan fingerprint density at radius 3 is 2.57 bits per heavy atom. The summed E-state index contributed by atoms with van der Waals surface area (Å²) >= 11 is 1.69. The molecule has 1 saturated heterocycles. The van der Waals surface area contributed by atoms with Crippen molar-refractivity contribution in [1.82, 2.24) is 19.6 Å². The number of hydrogen-bond acceptors (Lipinski definition) is 5. The molecular weight excluding hydrogens is 460 g/mol. The smallest absolute Gasteiger partial charge is 0.274 e. The molecule has 2 aromatic carbocycles. The molecule has 8 heteroatoms. The highest BCUT2D eigenvalue weighted by Gasteiger charge is 2.32. The van der Waals surface area contributed by atoms with Gasteiger partial charge in [0.1, 0.15) is 0 Å². The quantitative estimate of drug-likeness (QED) is 0.509. The van der Waals surface area contributed by atoms with Crippen molar-refractivity contribution in [1.29, 1.82) is 0 Å². The monoisotopic (exact) mass is 490 g/mol. The Morgan fingerprint density at radius 1 is 1.09 bits per heavy atom. The van der Waals surface area contributed by atoms with Crippen LogP contribution in [-0.2, 0) is 10.5 Å². The molecule has 182 valence electrons. The van der Waals surface area contributed by atoms with Crippen molar-refractivity contribution in [2.24, 2.45) is 0 Å². The number of thioether (sulfide) groups is 1. The van der Waals surface area contributed by atoms with Crippen LogP contribution in [0, 0.1) is 0 Å². The Morgan fingerprint density at radius 2 is 1.86 bits per heavy atom. The third-order valence-electron chi connectivity index (χ3n) is 6.50. The van der Waals surface area contributed by atoms with Crippen LogP contribution < -0.4 is 0 Å². The molecule has 0 N–H and O–H groups in total. The van der Waals surface area contributed by atoms with Gasteiger partial charge in [-0.1, -0.05) is 25.1 Å². The van der Waals surface area contributed by atoms with Gasteiger partial charge >= 0.3 is 0 Å². The summed E-state index contributed by atoms with van der Waals surface area (Å²) < 4.78 is 7.32. The number of amides is 2. The van der Waals surface area contributed by atoms with E-state index in [1.165, 1.54) is 0 Å². The van der Waals surface area contributed by atoms with Gasteiger partial charge in [-0.05, 0) is 43.7 Å². The van der Waals surface area contributed by atoms with E-state index in [1.54, 1.807) is 11.8 Å². The van der Waals surface area contributed by atoms with Gasteiger partial charge in [-0.3, -0.25) is 9.59 Å². The number of nitrogens with zero attached hydrogens (tertiary/aromatic N) is 4. The van der Waals surface area contributed by atoms with Gasteiger partial charge in [0.2, 0.25) is 0 Å². The topological polar surface area (TPSA) is 67.7 Å². The van der Waals surface area contributed by atoms with Gasteiger partial charge in [-0.25, -0.2) is 4.68 Å². The van der Waals surface area contributed by atoms with E-state index in [0.29, 0.717) is 49.9 Å². The van der Waals surface area contributed by atoms with Crippen LogP contribution >= 0.6 is 11.8 Å². The Kier molecular flexibility index (Phi) is 6.92. The lowest BCUT2D eigenvalue weighted by atomic mass is 10.0. The van der Waals surface area contributed by atoms with Gasteiger partial charge in [0.15, 0.2) is 5.69 Å². The fraction of sp³-hybridized carbons (Fsp3) is 0.370. The maximum Gasteiger partial charge on any atom is 0.274 e. The molecule has 5 rings (SSSR count). The second-order valence-electron chi connectivity index (χ2n) is 8.71. The zero-order chi connectivity index (χ0) is 24.4. The van der Waals surface area contributed by atoms with E-state index >= 15 is 0 Å². The van der Waals surface area contributed by atoms with Crippen molar-refractivity contribution in [2.45, 2.75) is 30.9 Å². The van der Waals surface area contributed by atoms with Crippen LogP contribution in [0.3, 0.4) is 0 Å². The normalized spacial score (nSPS) is 14.9. The average Bonchev–Trinajstić information content (AvgIpc) is 3.32. The molecule has 2 aliphatic heterocycles. The second-order valence-corrected chi connectivity index (χ2v) is 9.73. The van der Waals surface area contributed by atoms with Crippen LogP contribution in [-0.4, -0.2) is 70.8 Å². The Labute approximate surface area is 210 Å². The SMILES string of the molecule is CCCN(CC)C(=O)c1ccc2c(c1)-c1c(c(C(=O)N3CCOCC3)nn1-c1ccccc1)CS2. The van der Waals surface area contributed by atoms with Crippen LogP contribution in [0.2, 0.25) is 0 Å². The lowest BCUT2D eigenvalue weighted by Crippen LogP contribution is -2.41. The minimum atomic E-state index is -0.0596. The summed E-state index contributed by atoms with van der Waals surface area (Å²) in [6.07, 6.45) is 0.915. The van der Waals surface area contributed by atoms with Crippen molar-refractivity contribution >= 4 is 23.6 Å². The highest BCUT2D eigenvalue weighted by Crippen LogP contribution is 2.44. The molecule has 3 aromatic rings. The van der Waals surface area contributed by atoms with Crippen LogP contribution in [0.15, 0.2) is 53.4 Å². The summed E-state index contributed by atoms with van der Waals surface area (Å²) in [7, 11) is 0. The molecule has 0 aliphatic carbocycles. The molecule has 7 nitrogen and oxygen atoms in total. The summed E-state index contributed by atoms with van der Waals surface area (Å²) in [5.74, 6) is 0.630. The number of fused-ring (bicyclic) bond motifs is 3. The number of benzene rings is 2. The molecular formula is C27H30N4O3S. The van der Waals surface area contributed by atoms with Crippen molar-refractivity contribution < 1.29 is 14.3 Å². The van der Waals surface area contributed by atoms with E-state index in [0.717, 1.165) is 40.4 Å². The van der Waals surface area contributed by atoms with Crippen molar-refractivity contribution in [3.8, 4) is 16.9 Å². The van der Waals surface area contributed by atoms with Crippen molar-refractivity contribution in [2.75, 3.05) is 39.4 Å². The Bertz CT molecular complexity index is 1230. The third kappa shape index (κ3) is 4.48. The summed E-state index contributed by atoms with van der Waals surface area (Å²) in [6.45, 7) is 7.71. The average molecular weight is 491 g/mol. The minimum absolute atomic E-state index is 0.0321. The van der Waals surface area contributed by atoms with Gasteiger partial charge in [-0.2, -0.15) is 5.10 Å². The molecule has 1 fully saturated rings. The lowest BCUT2D eigenvalue weighted by molar-refractivity contribution is 0.0298. The van der Waals surface area contributed by atoms with Crippen molar-refractivity contribution in [3.05, 3.63) is 65.4 Å². The lowest BCUT2D eigenvalue weighted by Gasteiger charge is -2.26. The first-order chi connectivity index (χ1) is 17.1. The van der Waals surface area contributed by atoms with Gasteiger partial charge in [0, 0.05) is 53.5 Å². The maximum atomic E-state index is 13.5. The van der Waals surface area contributed by atoms with E-state index in [-0.39, 0.29) is 11.8 Å². The minimum Gasteiger partial charge on any atom is -0.378 e. The van der Waals surface area contributed by atoms with Crippen LogP contribution in [0.4, 0.5) is 0 Å². The Hall–Kier alpha value is -3.10. The first-order valence-corrected chi connectivity index (χ1v) is 13.2. The number of rotatable bonds is 6. The summed E-state index contributed by atoms with van der Waals surface area (Å²) in [5, 5.41) is 4.87. The molecule has 1 aromatic heterocycles. The molecule has 2 aliphatic rings. The number of morpholine rings is 1. The molecule has 35 heavy (non-hydrogen) atoms. The number of aromatic nitrogens is 2. The summed E-state index contributed by atoms with van der Waals surface area (Å²) in [5.41, 5.74) is 4.81. The predicted octanol–water partition coefficient (Wildman–Crippen LogP) is 4.49. The molecule has 0 spiro atoms.